The molecule has 5 nitrogen and oxygen atoms in total. The number of ether oxygens (including phenoxy) is 3. The van der Waals surface area contributed by atoms with Gasteiger partial charge in [0.1, 0.15) is 12.4 Å². The van der Waals surface area contributed by atoms with E-state index in [1.54, 1.807) is 56.5 Å². The SMILES string of the molecule is CCOC(=O)c1ccc(NCc2cc(OC)c(OCc3ccc(F)cc3)cc2Cl)cc1. The second-order valence-electron chi connectivity index (χ2n) is 6.66. The molecule has 0 amide bonds. The second kappa shape index (κ2) is 10.7. The Bertz CT molecular complexity index is 1020. The Morgan fingerprint density at radius 1 is 1.03 bits per heavy atom. The van der Waals surface area contributed by atoms with E-state index in [1.165, 1.54) is 12.1 Å². The molecule has 0 unspecified atom stereocenters. The van der Waals surface area contributed by atoms with Gasteiger partial charge in [-0.1, -0.05) is 23.7 Å². The largest absolute Gasteiger partial charge is 0.493 e. The number of halogens is 2. The molecule has 0 atom stereocenters. The van der Waals surface area contributed by atoms with Crippen LogP contribution < -0.4 is 14.8 Å². The minimum atomic E-state index is -0.349. The smallest absolute Gasteiger partial charge is 0.338 e. The van der Waals surface area contributed by atoms with Gasteiger partial charge in [0.15, 0.2) is 11.5 Å². The number of nitrogens with one attached hydrogen (secondary N) is 1. The lowest BCUT2D eigenvalue weighted by Crippen LogP contribution is -2.05. The van der Waals surface area contributed by atoms with Crippen LogP contribution in [0.4, 0.5) is 10.1 Å². The van der Waals surface area contributed by atoms with Gasteiger partial charge in [0.25, 0.3) is 0 Å². The van der Waals surface area contributed by atoms with Gasteiger partial charge in [-0.05, 0) is 60.5 Å². The van der Waals surface area contributed by atoms with Gasteiger partial charge in [-0.25, -0.2) is 9.18 Å². The summed E-state index contributed by atoms with van der Waals surface area (Å²) in [6.07, 6.45) is 0. The average molecular weight is 444 g/mol. The number of esters is 1. The summed E-state index contributed by atoms with van der Waals surface area (Å²) in [6, 6.07) is 16.6. The van der Waals surface area contributed by atoms with E-state index in [2.05, 4.69) is 5.32 Å². The van der Waals surface area contributed by atoms with Gasteiger partial charge in [-0.3, -0.25) is 0 Å². The number of carbonyl (C=O) groups excluding carboxylic acids is 1. The third-order valence-electron chi connectivity index (χ3n) is 4.52. The van der Waals surface area contributed by atoms with Crippen LogP contribution in [0.25, 0.3) is 0 Å². The Labute approximate surface area is 185 Å². The minimum Gasteiger partial charge on any atom is -0.493 e. The molecule has 3 rings (SSSR count). The fourth-order valence-electron chi connectivity index (χ4n) is 2.86. The highest BCUT2D eigenvalue weighted by molar-refractivity contribution is 6.31. The van der Waals surface area contributed by atoms with E-state index in [0.717, 1.165) is 16.8 Å². The van der Waals surface area contributed by atoms with E-state index in [4.69, 9.17) is 25.8 Å². The van der Waals surface area contributed by atoms with E-state index in [0.29, 0.717) is 35.2 Å². The molecular weight excluding hydrogens is 421 g/mol. The molecule has 3 aromatic carbocycles. The molecule has 0 fully saturated rings. The summed E-state index contributed by atoms with van der Waals surface area (Å²) < 4.78 is 29.3. The van der Waals surface area contributed by atoms with Gasteiger partial charge in [0, 0.05) is 23.3 Å². The van der Waals surface area contributed by atoms with Gasteiger partial charge in [0.05, 0.1) is 19.3 Å². The van der Waals surface area contributed by atoms with Crippen molar-refractivity contribution < 1.29 is 23.4 Å². The Balaban J connectivity index is 1.65. The van der Waals surface area contributed by atoms with Gasteiger partial charge in [-0.2, -0.15) is 0 Å². The van der Waals surface area contributed by atoms with Crippen molar-refractivity contribution in [3.8, 4) is 11.5 Å². The van der Waals surface area contributed by atoms with Crippen molar-refractivity contribution in [2.24, 2.45) is 0 Å². The summed E-state index contributed by atoms with van der Waals surface area (Å²) in [6.45, 7) is 2.82. The molecular formula is C24H23ClFNO4. The van der Waals surface area contributed by atoms with E-state index >= 15 is 0 Å². The third-order valence-corrected chi connectivity index (χ3v) is 4.87. The van der Waals surface area contributed by atoms with Gasteiger partial charge < -0.3 is 19.5 Å². The fraction of sp³-hybridized carbons (Fsp3) is 0.208. The van der Waals surface area contributed by atoms with Crippen LogP contribution in [0.15, 0.2) is 60.7 Å². The van der Waals surface area contributed by atoms with Crippen LogP contribution in [0, 0.1) is 5.82 Å². The molecule has 0 saturated heterocycles. The molecule has 3 aromatic rings. The zero-order valence-corrected chi connectivity index (χ0v) is 18.0. The zero-order valence-electron chi connectivity index (χ0n) is 17.3. The zero-order chi connectivity index (χ0) is 22.2. The van der Waals surface area contributed by atoms with Crippen LogP contribution in [0.3, 0.4) is 0 Å². The highest BCUT2D eigenvalue weighted by Crippen LogP contribution is 2.34. The molecule has 0 aliphatic rings. The third kappa shape index (κ3) is 6.12. The van der Waals surface area contributed by atoms with Crippen molar-refractivity contribution in [2.75, 3.05) is 19.0 Å². The average Bonchev–Trinajstić information content (AvgIpc) is 2.78. The van der Waals surface area contributed by atoms with Crippen LogP contribution in [0.1, 0.15) is 28.4 Å². The molecule has 0 saturated carbocycles. The molecule has 31 heavy (non-hydrogen) atoms. The molecule has 0 aliphatic heterocycles. The Morgan fingerprint density at radius 3 is 2.39 bits per heavy atom. The predicted octanol–water partition coefficient (Wildman–Crippen LogP) is 5.86. The first kappa shape index (κ1) is 22.4. The first-order chi connectivity index (χ1) is 15.0. The Morgan fingerprint density at radius 2 is 1.74 bits per heavy atom. The normalized spacial score (nSPS) is 10.5. The topological polar surface area (TPSA) is 56.8 Å². The Kier molecular flexibility index (Phi) is 7.73. The summed E-state index contributed by atoms with van der Waals surface area (Å²) in [7, 11) is 1.55. The summed E-state index contributed by atoms with van der Waals surface area (Å²) in [5.41, 5.74) is 2.98. The molecule has 0 aromatic heterocycles. The maximum absolute atomic E-state index is 13.0. The van der Waals surface area contributed by atoms with Crippen molar-refractivity contribution in [1.82, 2.24) is 0 Å². The molecule has 0 bridgehead atoms. The summed E-state index contributed by atoms with van der Waals surface area (Å²) in [4.78, 5) is 11.7. The lowest BCUT2D eigenvalue weighted by Gasteiger charge is -2.15. The summed E-state index contributed by atoms with van der Waals surface area (Å²) in [5.74, 6) is 0.398. The molecule has 7 heteroatoms. The molecule has 0 heterocycles. The lowest BCUT2D eigenvalue weighted by atomic mass is 10.1. The van der Waals surface area contributed by atoms with E-state index < -0.39 is 0 Å². The van der Waals surface area contributed by atoms with Crippen molar-refractivity contribution in [1.29, 1.82) is 0 Å². The quantitative estimate of drug-likeness (QED) is 0.420. The van der Waals surface area contributed by atoms with Crippen LogP contribution in [0.5, 0.6) is 11.5 Å². The monoisotopic (exact) mass is 443 g/mol. The van der Waals surface area contributed by atoms with E-state index in [1.807, 2.05) is 6.07 Å². The number of benzene rings is 3. The van der Waals surface area contributed by atoms with Crippen LogP contribution in [-0.2, 0) is 17.9 Å². The standard InChI is InChI=1S/C24H23ClFNO4/c1-3-30-24(28)17-6-10-20(11-7-17)27-14-18-12-22(29-2)23(13-21(18)25)31-15-16-4-8-19(26)9-5-16/h4-13,27H,3,14-15H2,1-2H3. The summed E-state index contributed by atoms with van der Waals surface area (Å²) in [5, 5.41) is 3.78. The predicted molar refractivity (Wildman–Crippen MR) is 118 cm³/mol. The van der Waals surface area contributed by atoms with Crippen LogP contribution in [-0.4, -0.2) is 19.7 Å². The van der Waals surface area contributed by atoms with Crippen molar-refractivity contribution in [3.05, 3.63) is 88.2 Å². The number of methoxy groups -OCH3 is 1. The van der Waals surface area contributed by atoms with Gasteiger partial charge in [-0.15, -0.1) is 0 Å². The summed E-state index contributed by atoms with van der Waals surface area (Å²) >= 11 is 6.44. The molecule has 1 N–H and O–H groups in total. The maximum Gasteiger partial charge on any atom is 0.338 e. The molecule has 0 spiro atoms. The van der Waals surface area contributed by atoms with Crippen molar-refractivity contribution in [2.45, 2.75) is 20.1 Å². The molecule has 0 aliphatic carbocycles. The Hall–Kier alpha value is -3.25. The first-order valence-electron chi connectivity index (χ1n) is 9.75. The number of anilines is 1. The highest BCUT2D eigenvalue weighted by Gasteiger charge is 2.12. The fourth-order valence-corrected chi connectivity index (χ4v) is 3.08. The number of rotatable bonds is 9. The van der Waals surface area contributed by atoms with Crippen molar-refractivity contribution in [3.63, 3.8) is 0 Å². The first-order valence-corrected chi connectivity index (χ1v) is 10.1. The van der Waals surface area contributed by atoms with Gasteiger partial charge >= 0.3 is 5.97 Å². The number of hydrogen-bond acceptors (Lipinski definition) is 5. The molecule has 162 valence electrons. The molecule has 0 radical (unpaired) electrons. The lowest BCUT2D eigenvalue weighted by molar-refractivity contribution is 0.0526. The van der Waals surface area contributed by atoms with Crippen LogP contribution in [0.2, 0.25) is 5.02 Å². The maximum atomic E-state index is 13.0. The van der Waals surface area contributed by atoms with Crippen molar-refractivity contribution >= 4 is 23.3 Å². The highest BCUT2D eigenvalue weighted by atomic mass is 35.5. The van der Waals surface area contributed by atoms with Crippen LogP contribution >= 0.6 is 11.6 Å². The van der Waals surface area contributed by atoms with E-state index in [9.17, 15) is 9.18 Å². The second-order valence-corrected chi connectivity index (χ2v) is 7.07. The van der Waals surface area contributed by atoms with Gasteiger partial charge in [0.2, 0.25) is 0 Å². The minimum absolute atomic E-state index is 0.261. The van der Waals surface area contributed by atoms with E-state index in [-0.39, 0.29) is 18.4 Å². The number of hydrogen-bond donors (Lipinski definition) is 1. The number of carbonyl (C=O) groups is 1.